The van der Waals surface area contributed by atoms with E-state index in [2.05, 4.69) is 12.1 Å². The summed E-state index contributed by atoms with van der Waals surface area (Å²) in [6, 6.07) is 6.28. The number of fused-ring (bicyclic) bond motifs is 1. The standard InChI is InChI=1S/C15H18O2/c16-15(12-5-6-12)10-17-14-8-7-11-3-1-2-4-13(11)9-14/h7-9,12H,1-6,10H2. The fraction of sp³-hybridized carbons (Fsp3) is 0.533. The molecule has 1 saturated carbocycles. The number of benzene rings is 1. The van der Waals surface area contributed by atoms with Crippen molar-refractivity contribution in [3.8, 4) is 5.75 Å². The Morgan fingerprint density at radius 3 is 2.71 bits per heavy atom. The molecule has 0 spiro atoms. The number of ether oxygens (including phenoxy) is 1. The van der Waals surface area contributed by atoms with Gasteiger partial charge in [-0.15, -0.1) is 0 Å². The van der Waals surface area contributed by atoms with Crippen molar-refractivity contribution in [3.63, 3.8) is 0 Å². The van der Waals surface area contributed by atoms with Gasteiger partial charge >= 0.3 is 0 Å². The molecular formula is C15H18O2. The van der Waals surface area contributed by atoms with Crippen LogP contribution in [-0.4, -0.2) is 12.4 Å². The Balaban J connectivity index is 1.64. The molecule has 2 nitrogen and oxygen atoms in total. The van der Waals surface area contributed by atoms with Gasteiger partial charge in [0.25, 0.3) is 0 Å². The van der Waals surface area contributed by atoms with Gasteiger partial charge in [-0.05, 0) is 61.8 Å². The van der Waals surface area contributed by atoms with Crippen LogP contribution in [0.1, 0.15) is 36.8 Å². The maximum absolute atomic E-state index is 11.5. The Labute approximate surface area is 102 Å². The zero-order valence-electron chi connectivity index (χ0n) is 10.1. The summed E-state index contributed by atoms with van der Waals surface area (Å²) in [5.74, 6) is 1.43. The lowest BCUT2D eigenvalue weighted by Gasteiger charge is -2.16. The van der Waals surface area contributed by atoms with Gasteiger partial charge in [0.1, 0.15) is 12.4 Å². The summed E-state index contributed by atoms with van der Waals surface area (Å²) in [5.41, 5.74) is 2.87. The molecule has 0 aliphatic heterocycles. The van der Waals surface area contributed by atoms with Gasteiger partial charge in [-0.2, -0.15) is 0 Å². The quantitative estimate of drug-likeness (QED) is 0.795. The molecular weight excluding hydrogens is 212 g/mol. The summed E-state index contributed by atoms with van der Waals surface area (Å²) in [6.45, 7) is 0.253. The van der Waals surface area contributed by atoms with E-state index in [1.165, 1.54) is 30.4 Å². The molecule has 0 unspecified atom stereocenters. The predicted octanol–water partition coefficient (Wildman–Crippen LogP) is 2.92. The molecule has 0 saturated heterocycles. The minimum atomic E-state index is 0.253. The van der Waals surface area contributed by atoms with Gasteiger partial charge < -0.3 is 4.74 Å². The van der Waals surface area contributed by atoms with Gasteiger partial charge in [-0.25, -0.2) is 0 Å². The summed E-state index contributed by atoms with van der Waals surface area (Å²) >= 11 is 0. The first-order valence-corrected chi connectivity index (χ1v) is 6.60. The first kappa shape index (κ1) is 10.8. The zero-order valence-corrected chi connectivity index (χ0v) is 10.1. The second-order valence-corrected chi connectivity index (χ2v) is 5.17. The smallest absolute Gasteiger partial charge is 0.173 e. The molecule has 2 aliphatic carbocycles. The molecule has 17 heavy (non-hydrogen) atoms. The number of aryl methyl sites for hydroxylation is 2. The van der Waals surface area contributed by atoms with Crippen LogP contribution in [-0.2, 0) is 17.6 Å². The number of rotatable bonds is 4. The minimum absolute atomic E-state index is 0.253. The van der Waals surface area contributed by atoms with Crippen LogP contribution >= 0.6 is 0 Å². The number of hydrogen-bond donors (Lipinski definition) is 0. The van der Waals surface area contributed by atoms with Crippen LogP contribution in [0.4, 0.5) is 0 Å². The number of hydrogen-bond acceptors (Lipinski definition) is 2. The van der Waals surface area contributed by atoms with Crippen molar-refractivity contribution in [1.29, 1.82) is 0 Å². The Morgan fingerprint density at radius 1 is 1.18 bits per heavy atom. The van der Waals surface area contributed by atoms with Crippen LogP contribution < -0.4 is 4.74 Å². The van der Waals surface area contributed by atoms with Crippen molar-refractivity contribution in [3.05, 3.63) is 29.3 Å². The lowest BCUT2D eigenvalue weighted by Crippen LogP contribution is -2.13. The Hall–Kier alpha value is -1.31. The van der Waals surface area contributed by atoms with Crippen LogP contribution in [0.2, 0.25) is 0 Å². The van der Waals surface area contributed by atoms with Crippen LogP contribution in [0.15, 0.2) is 18.2 Å². The predicted molar refractivity (Wildman–Crippen MR) is 66.3 cm³/mol. The second-order valence-electron chi connectivity index (χ2n) is 5.17. The third-order valence-electron chi connectivity index (χ3n) is 3.73. The topological polar surface area (TPSA) is 26.3 Å². The molecule has 0 N–H and O–H groups in total. The van der Waals surface area contributed by atoms with E-state index in [0.717, 1.165) is 25.0 Å². The Bertz CT molecular complexity index is 433. The molecule has 1 aromatic rings. The van der Waals surface area contributed by atoms with Gasteiger partial charge in [0.15, 0.2) is 5.78 Å². The number of carbonyl (C=O) groups excluding carboxylic acids is 1. The molecule has 0 heterocycles. The highest BCUT2D eigenvalue weighted by Crippen LogP contribution is 2.30. The summed E-state index contributed by atoms with van der Waals surface area (Å²) < 4.78 is 5.59. The van der Waals surface area contributed by atoms with Crippen LogP contribution in [0.5, 0.6) is 5.75 Å². The van der Waals surface area contributed by atoms with Crippen LogP contribution in [0.3, 0.4) is 0 Å². The van der Waals surface area contributed by atoms with Gasteiger partial charge in [-0.3, -0.25) is 4.79 Å². The largest absolute Gasteiger partial charge is 0.486 e. The van der Waals surface area contributed by atoms with Gasteiger partial charge in [0, 0.05) is 5.92 Å². The van der Waals surface area contributed by atoms with E-state index in [9.17, 15) is 4.79 Å². The highest BCUT2D eigenvalue weighted by molar-refractivity contribution is 5.84. The number of Topliss-reactive ketones (excluding diaryl/α,β-unsaturated/α-hetero) is 1. The number of carbonyl (C=O) groups is 1. The van der Waals surface area contributed by atoms with Crippen molar-refractivity contribution in [2.75, 3.05) is 6.61 Å². The fourth-order valence-corrected chi connectivity index (χ4v) is 2.48. The molecule has 0 atom stereocenters. The maximum atomic E-state index is 11.5. The lowest BCUT2D eigenvalue weighted by molar-refractivity contribution is -0.122. The van der Waals surface area contributed by atoms with Crippen molar-refractivity contribution in [1.82, 2.24) is 0 Å². The van der Waals surface area contributed by atoms with Crippen molar-refractivity contribution in [2.45, 2.75) is 38.5 Å². The normalized spacial score (nSPS) is 18.6. The van der Waals surface area contributed by atoms with Gasteiger partial charge in [0.2, 0.25) is 0 Å². The minimum Gasteiger partial charge on any atom is -0.486 e. The summed E-state index contributed by atoms with van der Waals surface area (Å²) in [5, 5.41) is 0. The molecule has 1 fully saturated rings. The van der Waals surface area contributed by atoms with Crippen molar-refractivity contribution < 1.29 is 9.53 Å². The van der Waals surface area contributed by atoms with E-state index < -0.39 is 0 Å². The molecule has 0 radical (unpaired) electrons. The van der Waals surface area contributed by atoms with Crippen molar-refractivity contribution in [2.24, 2.45) is 5.92 Å². The molecule has 0 bridgehead atoms. The van der Waals surface area contributed by atoms with E-state index in [-0.39, 0.29) is 12.4 Å². The first-order valence-electron chi connectivity index (χ1n) is 6.60. The van der Waals surface area contributed by atoms with Crippen LogP contribution in [0.25, 0.3) is 0 Å². The SMILES string of the molecule is O=C(COc1ccc2c(c1)CCCC2)C1CC1. The molecule has 2 heteroatoms. The number of ketones is 1. The fourth-order valence-electron chi connectivity index (χ4n) is 2.48. The average molecular weight is 230 g/mol. The van der Waals surface area contributed by atoms with E-state index in [1.807, 2.05) is 6.07 Å². The highest BCUT2D eigenvalue weighted by Gasteiger charge is 2.29. The van der Waals surface area contributed by atoms with Gasteiger partial charge in [0.05, 0.1) is 0 Å². The van der Waals surface area contributed by atoms with Gasteiger partial charge in [-0.1, -0.05) is 6.07 Å². The highest BCUT2D eigenvalue weighted by atomic mass is 16.5. The van der Waals surface area contributed by atoms with E-state index in [0.29, 0.717) is 5.92 Å². The monoisotopic (exact) mass is 230 g/mol. The summed E-state index contributed by atoms with van der Waals surface area (Å²) in [4.78, 5) is 11.5. The Morgan fingerprint density at radius 2 is 1.94 bits per heavy atom. The Kier molecular flexibility index (Phi) is 2.87. The second kappa shape index (κ2) is 4.52. The molecule has 1 aromatic carbocycles. The van der Waals surface area contributed by atoms with Crippen molar-refractivity contribution >= 4 is 5.78 Å². The molecule has 3 rings (SSSR count). The average Bonchev–Trinajstić information content (AvgIpc) is 3.20. The van der Waals surface area contributed by atoms with E-state index in [4.69, 9.17) is 4.74 Å². The maximum Gasteiger partial charge on any atom is 0.173 e. The van der Waals surface area contributed by atoms with E-state index >= 15 is 0 Å². The summed E-state index contributed by atoms with van der Waals surface area (Å²) in [7, 11) is 0. The molecule has 0 aromatic heterocycles. The first-order chi connectivity index (χ1) is 8.33. The molecule has 90 valence electrons. The molecule has 0 amide bonds. The third-order valence-corrected chi connectivity index (χ3v) is 3.73. The van der Waals surface area contributed by atoms with E-state index in [1.54, 1.807) is 0 Å². The summed E-state index contributed by atoms with van der Waals surface area (Å²) in [6.07, 6.45) is 7.04. The lowest BCUT2D eigenvalue weighted by atomic mass is 9.92. The molecule has 2 aliphatic rings. The zero-order chi connectivity index (χ0) is 11.7. The third kappa shape index (κ3) is 2.51. The van der Waals surface area contributed by atoms with Crippen LogP contribution in [0, 0.1) is 5.92 Å².